The molecular formula is C16H20IN7O. The molecule has 2 N–H and O–H groups in total. The van der Waals surface area contributed by atoms with Crippen molar-refractivity contribution in [3.05, 3.63) is 54.4 Å². The molecule has 0 saturated heterocycles. The summed E-state index contributed by atoms with van der Waals surface area (Å²) in [6, 6.07) is 9.79. The van der Waals surface area contributed by atoms with Crippen LogP contribution in [0.2, 0.25) is 0 Å². The van der Waals surface area contributed by atoms with Crippen molar-refractivity contribution in [1.82, 2.24) is 30.4 Å². The molecule has 0 amide bonds. The second-order valence-corrected chi connectivity index (χ2v) is 5.15. The first-order valence-corrected chi connectivity index (χ1v) is 7.53. The molecule has 0 aliphatic heterocycles. The standard InChI is InChI=1S/C16H19N7O.HI/c1-17-16(19-9-14-22-20-11-23(14)2)18-8-13-10-24-15(21-13)12-6-4-3-5-7-12;/h3-7,10-11H,8-9H2,1-2H3,(H2,17,18,19);1H. The van der Waals surface area contributed by atoms with Gasteiger partial charge in [-0.2, -0.15) is 0 Å². The highest BCUT2D eigenvalue weighted by molar-refractivity contribution is 14.0. The van der Waals surface area contributed by atoms with Crippen molar-refractivity contribution in [2.24, 2.45) is 12.0 Å². The van der Waals surface area contributed by atoms with Crippen LogP contribution in [0.4, 0.5) is 0 Å². The highest BCUT2D eigenvalue weighted by Gasteiger charge is 2.07. The Bertz CT molecular complexity index is 813. The fourth-order valence-electron chi connectivity index (χ4n) is 2.13. The molecule has 0 unspecified atom stereocenters. The van der Waals surface area contributed by atoms with E-state index in [1.807, 2.05) is 41.9 Å². The molecule has 0 fully saturated rings. The van der Waals surface area contributed by atoms with Crippen LogP contribution in [0.1, 0.15) is 11.5 Å². The fourth-order valence-corrected chi connectivity index (χ4v) is 2.13. The van der Waals surface area contributed by atoms with Crippen molar-refractivity contribution in [3.63, 3.8) is 0 Å². The molecule has 3 rings (SSSR count). The van der Waals surface area contributed by atoms with Crippen molar-refractivity contribution in [1.29, 1.82) is 0 Å². The first-order chi connectivity index (χ1) is 11.8. The summed E-state index contributed by atoms with van der Waals surface area (Å²) in [5.41, 5.74) is 1.75. The maximum atomic E-state index is 5.52. The number of aliphatic imine (C=N–C) groups is 1. The molecule has 0 atom stereocenters. The van der Waals surface area contributed by atoms with Crippen molar-refractivity contribution in [2.75, 3.05) is 7.05 Å². The maximum absolute atomic E-state index is 5.52. The number of hydrogen-bond donors (Lipinski definition) is 2. The van der Waals surface area contributed by atoms with E-state index in [0.29, 0.717) is 24.9 Å². The molecule has 2 heterocycles. The number of aromatic nitrogens is 4. The summed E-state index contributed by atoms with van der Waals surface area (Å²) < 4.78 is 7.37. The molecule has 3 aromatic rings. The first-order valence-electron chi connectivity index (χ1n) is 7.53. The van der Waals surface area contributed by atoms with Crippen LogP contribution in [-0.4, -0.2) is 32.8 Å². The molecule has 0 spiro atoms. The Labute approximate surface area is 162 Å². The van der Waals surface area contributed by atoms with Gasteiger partial charge < -0.3 is 19.6 Å². The van der Waals surface area contributed by atoms with Crippen LogP contribution in [0.25, 0.3) is 11.5 Å². The Morgan fingerprint density at radius 3 is 2.64 bits per heavy atom. The lowest BCUT2D eigenvalue weighted by Crippen LogP contribution is -2.37. The second-order valence-electron chi connectivity index (χ2n) is 5.15. The Kier molecular flexibility index (Phi) is 6.92. The van der Waals surface area contributed by atoms with E-state index >= 15 is 0 Å². The van der Waals surface area contributed by atoms with Crippen LogP contribution in [0.3, 0.4) is 0 Å². The average molecular weight is 453 g/mol. The summed E-state index contributed by atoms with van der Waals surface area (Å²) in [6.07, 6.45) is 3.30. The smallest absolute Gasteiger partial charge is 0.226 e. The van der Waals surface area contributed by atoms with Gasteiger partial charge in [0.2, 0.25) is 5.89 Å². The predicted molar refractivity (Wildman–Crippen MR) is 105 cm³/mol. The zero-order valence-corrected chi connectivity index (χ0v) is 16.3. The van der Waals surface area contributed by atoms with Crippen molar-refractivity contribution in [2.45, 2.75) is 13.1 Å². The van der Waals surface area contributed by atoms with E-state index in [2.05, 4.69) is 30.8 Å². The number of guanidine groups is 1. The molecule has 25 heavy (non-hydrogen) atoms. The Morgan fingerprint density at radius 1 is 1.20 bits per heavy atom. The lowest BCUT2D eigenvalue weighted by Gasteiger charge is -2.10. The third-order valence-electron chi connectivity index (χ3n) is 3.45. The Morgan fingerprint density at radius 2 is 1.96 bits per heavy atom. The van der Waals surface area contributed by atoms with Gasteiger partial charge in [0.1, 0.15) is 12.6 Å². The van der Waals surface area contributed by atoms with E-state index in [0.717, 1.165) is 17.1 Å². The number of oxazole rings is 1. The van der Waals surface area contributed by atoms with Crippen molar-refractivity contribution < 1.29 is 4.42 Å². The largest absolute Gasteiger partial charge is 0.444 e. The van der Waals surface area contributed by atoms with Gasteiger partial charge in [0.25, 0.3) is 0 Å². The number of hydrogen-bond acceptors (Lipinski definition) is 5. The topological polar surface area (TPSA) is 93.2 Å². The van der Waals surface area contributed by atoms with Gasteiger partial charge in [-0.05, 0) is 12.1 Å². The number of benzene rings is 1. The lowest BCUT2D eigenvalue weighted by atomic mass is 10.2. The van der Waals surface area contributed by atoms with E-state index in [1.54, 1.807) is 19.6 Å². The third kappa shape index (κ3) is 5.02. The van der Waals surface area contributed by atoms with E-state index in [4.69, 9.17) is 4.42 Å². The predicted octanol–water partition coefficient (Wildman–Crippen LogP) is 1.95. The third-order valence-corrected chi connectivity index (χ3v) is 3.45. The maximum Gasteiger partial charge on any atom is 0.226 e. The van der Waals surface area contributed by atoms with Crippen LogP contribution in [0.5, 0.6) is 0 Å². The van der Waals surface area contributed by atoms with E-state index in [9.17, 15) is 0 Å². The first kappa shape index (κ1) is 18.9. The number of rotatable bonds is 5. The molecule has 8 nitrogen and oxygen atoms in total. The summed E-state index contributed by atoms with van der Waals surface area (Å²) in [7, 11) is 3.61. The quantitative estimate of drug-likeness (QED) is 0.349. The van der Waals surface area contributed by atoms with Gasteiger partial charge in [-0.3, -0.25) is 4.99 Å². The van der Waals surface area contributed by atoms with Crippen LogP contribution >= 0.6 is 24.0 Å². The summed E-state index contributed by atoms with van der Waals surface area (Å²) in [6.45, 7) is 1.04. The number of aryl methyl sites for hydroxylation is 1. The monoisotopic (exact) mass is 453 g/mol. The molecule has 132 valence electrons. The molecule has 0 aliphatic carbocycles. The van der Waals surface area contributed by atoms with Gasteiger partial charge >= 0.3 is 0 Å². The minimum Gasteiger partial charge on any atom is -0.444 e. The highest BCUT2D eigenvalue weighted by Crippen LogP contribution is 2.17. The van der Waals surface area contributed by atoms with Gasteiger partial charge in [-0.15, -0.1) is 34.2 Å². The number of nitrogens with zero attached hydrogens (tertiary/aromatic N) is 5. The lowest BCUT2D eigenvalue weighted by molar-refractivity contribution is 0.572. The molecule has 0 aliphatic rings. The molecule has 9 heteroatoms. The van der Waals surface area contributed by atoms with Crippen molar-refractivity contribution in [3.8, 4) is 11.5 Å². The zero-order valence-electron chi connectivity index (χ0n) is 14.0. The average Bonchev–Trinajstić information content (AvgIpc) is 3.25. The molecule has 0 saturated carbocycles. The fraction of sp³-hybridized carbons (Fsp3) is 0.250. The molecule has 0 bridgehead atoms. The number of halogens is 1. The van der Waals surface area contributed by atoms with Crippen LogP contribution in [0, 0.1) is 0 Å². The molecule has 1 aromatic carbocycles. The minimum atomic E-state index is 0. The Balaban J connectivity index is 0.00000225. The summed E-state index contributed by atoms with van der Waals surface area (Å²) >= 11 is 0. The van der Waals surface area contributed by atoms with Gasteiger partial charge in [0, 0.05) is 19.7 Å². The van der Waals surface area contributed by atoms with E-state index in [-0.39, 0.29) is 24.0 Å². The van der Waals surface area contributed by atoms with Gasteiger partial charge in [0.15, 0.2) is 11.8 Å². The highest BCUT2D eigenvalue weighted by atomic mass is 127. The number of nitrogens with one attached hydrogen (secondary N) is 2. The normalized spacial score (nSPS) is 11.0. The van der Waals surface area contributed by atoms with Gasteiger partial charge in [0.05, 0.1) is 18.8 Å². The summed E-state index contributed by atoms with van der Waals surface area (Å²) in [5.74, 6) is 2.09. The van der Waals surface area contributed by atoms with E-state index in [1.165, 1.54) is 0 Å². The van der Waals surface area contributed by atoms with Crippen LogP contribution in [0.15, 0.2) is 52.3 Å². The Hall–Kier alpha value is -2.43. The van der Waals surface area contributed by atoms with Crippen LogP contribution in [-0.2, 0) is 20.1 Å². The zero-order chi connectivity index (χ0) is 16.8. The molecule has 0 radical (unpaired) electrons. The van der Waals surface area contributed by atoms with Crippen molar-refractivity contribution >= 4 is 29.9 Å². The summed E-state index contributed by atoms with van der Waals surface area (Å²) in [4.78, 5) is 8.65. The SMILES string of the molecule is CN=C(NCc1coc(-c2ccccc2)n1)NCc1nncn1C.I. The van der Waals surface area contributed by atoms with Gasteiger partial charge in [-0.1, -0.05) is 18.2 Å². The molecule has 2 aromatic heterocycles. The van der Waals surface area contributed by atoms with Crippen LogP contribution < -0.4 is 10.6 Å². The summed E-state index contributed by atoms with van der Waals surface area (Å²) in [5, 5.41) is 14.2. The second kappa shape index (κ2) is 9.16. The van der Waals surface area contributed by atoms with Gasteiger partial charge in [-0.25, -0.2) is 4.98 Å². The van der Waals surface area contributed by atoms with E-state index < -0.39 is 0 Å². The molecular weight excluding hydrogens is 433 g/mol. The minimum absolute atomic E-state index is 0.